The van der Waals surface area contributed by atoms with Crippen LogP contribution >= 0.6 is 0 Å². The molecule has 1 atom stereocenters. The average Bonchev–Trinajstić information content (AvgIpc) is 3.10. The van der Waals surface area contributed by atoms with Crippen LogP contribution in [0.4, 0.5) is 5.69 Å². The van der Waals surface area contributed by atoms with E-state index in [4.69, 9.17) is 4.74 Å². The number of phenolic OH excluding ortho intramolecular Hbond substituents is 1. The second-order valence-electron chi connectivity index (χ2n) is 9.42. The molecule has 1 aliphatic rings. The lowest BCUT2D eigenvalue weighted by atomic mass is 9.92. The van der Waals surface area contributed by atoms with Crippen molar-refractivity contribution < 1.29 is 24.5 Å². The summed E-state index contributed by atoms with van der Waals surface area (Å²) in [6, 6.07) is 16.7. The van der Waals surface area contributed by atoms with Gasteiger partial charge in [-0.2, -0.15) is 0 Å². The Morgan fingerprint density at radius 2 is 1.72 bits per heavy atom. The first kappa shape index (κ1) is 25.0. The predicted molar refractivity (Wildman–Crippen MR) is 141 cm³/mol. The van der Waals surface area contributed by atoms with E-state index < -0.39 is 17.7 Å². The Bertz CT molecular complexity index is 1370. The Morgan fingerprint density at radius 1 is 1.00 bits per heavy atom. The van der Waals surface area contributed by atoms with Crippen LogP contribution in [0.25, 0.3) is 5.76 Å². The predicted octanol–water partition coefficient (Wildman–Crippen LogP) is 6.16. The number of benzene rings is 3. The maximum Gasteiger partial charge on any atom is 0.300 e. The highest BCUT2D eigenvalue weighted by Gasteiger charge is 2.47. The summed E-state index contributed by atoms with van der Waals surface area (Å²) in [5, 5.41) is 22.1. The number of aromatic hydroxyl groups is 1. The number of carbonyl (C=O) groups is 2. The van der Waals surface area contributed by atoms with Crippen molar-refractivity contribution in [3.05, 3.63) is 94.1 Å². The smallest absolute Gasteiger partial charge is 0.300 e. The van der Waals surface area contributed by atoms with Gasteiger partial charge >= 0.3 is 0 Å². The number of rotatable bonds is 6. The van der Waals surface area contributed by atoms with Gasteiger partial charge in [-0.1, -0.05) is 49.7 Å². The Hall–Kier alpha value is -4.06. The fraction of sp³-hybridized carbons (Fsp3) is 0.267. The van der Waals surface area contributed by atoms with Gasteiger partial charge < -0.3 is 14.9 Å². The molecule has 0 spiro atoms. The number of Topliss-reactive ketones (excluding diaryl/α,β-unsaturated/α-hetero) is 1. The molecule has 0 saturated carbocycles. The summed E-state index contributed by atoms with van der Waals surface area (Å²) in [5.74, 6) is -1.18. The number of aliphatic hydroxyl groups excluding tert-OH is 1. The third-order valence-electron chi connectivity index (χ3n) is 6.40. The number of nitrogens with zero attached hydrogens (tertiary/aromatic N) is 1. The number of aliphatic hydroxyl groups is 1. The molecular weight excluding hydrogens is 454 g/mol. The molecule has 3 aromatic carbocycles. The van der Waals surface area contributed by atoms with Crippen molar-refractivity contribution in [2.75, 3.05) is 11.5 Å². The molecule has 1 saturated heterocycles. The van der Waals surface area contributed by atoms with E-state index in [9.17, 15) is 19.8 Å². The average molecular weight is 486 g/mol. The highest BCUT2D eigenvalue weighted by molar-refractivity contribution is 6.52. The van der Waals surface area contributed by atoms with Crippen LogP contribution in [0.5, 0.6) is 11.5 Å². The number of ketones is 1. The van der Waals surface area contributed by atoms with Crippen molar-refractivity contribution in [3.63, 3.8) is 0 Å². The molecule has 6 heteroatoms. The van der Waals surface area contributed by atoms with Gasteiger partial charge in [-0.15, -0.1) is 0 Å². The molecule has 1 fully saturated rings. The van der Waals surface area contributed by atoms with Gasteiger partial charge in [0, 0.05) is 5.56 Å². The highest BCUT2D eigenvalue weighted by Crippen LogP contribution is 2.45. The van der Waals surface area contributed by atoms with Crippen molar-refractivity contribution in [1.29, 1.82) is 0 Å². The molecule has 1 heterocycles. The van der Waals surface area contributed by atoms with E-state index >= 15 is 0 Å². The van der Waals surface area contributed by atoms with Crippen LogP contribution in [0.15, 0.2) is 66.2 Å². The second kappa shape index (κ2) is 9.90. The fourth-order valence-electron chi connectivity index (χ4n) is 4.65. The minimum Gasteiger partial charge on any atom is -0.507 e. The van der Waals surface area contributed by atoms with Gasteiger partial charge in [-0.3, -0.25) is 14.5 Å². The van der Waals surface area contributed by atoms with E-state index in [0.29, 0.717) is 23.5 Å². The van der Waals surface area contributed by atoms with E-state index in [1.54, 1.807) is 30.3 Å². The molecule has 186 valence electrons. The van der Waals surface area contributed by atoms with Crippen LogP contribution in [-0.4, -0.2) is 28.5 Å². The van der Waals surface area contributed by atoms with Crippen LogP contribution in [0.1, 0.15) is 60.5 Å². The molecule has 3 aromatic rings. The standard InChI is InChI=1S/C30H31NO5/c1-6-36-25-13-11-21(16-22(25)17(2)3)28(33)26-27(20-9-7-8-18(4)14-20)31(30(35)29(26)34)23-15-19(5)10-12-24(23)32/h7-17,27,32-33H,6H2,1-5H3/b28-26-. The summed E-state index contributed by atoms with van der Waals surface area (Å²) in [7, 11) is 0. The van der Waals surface area contributed by atoms with Crippen LogP contribution in [0.2, 0.25) is 0 Å². The van der Waals surface area contributed by atoms with Gasteiger partial charge in [0.2, 0.25) is 0 Å². The highest BCUT2D eigenvalue weighted by atomic mass is 16.5. The number of hydrogen-bond acceptors (Lipinski definition) is 5. The number of amides is 1. The summed E-state index contributed by atoms with van der Waals surface area (Å²) in [6.07, 6.45) is 0. The molecule has 1 unspecified atom stereocenters. The van der Waals surface area contributed by atoms with Crippen molar-refractivity contribution in [2.45, 2.75) is 46.6 Å². The first-order chi connectivity index (χ1) is 17.1. The summed E-state index contributed by atoms with van der Waals surface area (Å²) in [4.78, 5) is 28.1. The maximum absolute atomic E-state index is 13.4. The van der Waals surface area contributed by atoms with Crippen LogP contribution in [0.3, 0.4) is 0 Å². The molecule has 0 radical (unpaired) electrons. The molecule has 36 heavy (non-hydrogen) atoms. The van der Waals surface area contributed by atoms with Crippen LogP contribution in [0, 0.1) is 13.8 Å². The molecule has 1 aliphatic heterocycles. The molecule has 1 amide bonds. The molecule has 0 bridgehead atoms. The van der Waals surface area contributed by atoms with Gasteiger partial charge in [-0.25, -0.2) is 0 Å². The number of anilines is 1. The minimum absolute atomic E-state index is 0.0228. The fourth-order valence-corrected chi connectivity index (χ4v) is 4.65. The van der Waals surface area contributed by atoms with Gasteiger partial charge in [0.25, 0.3) is 11.7 Å². The molecule has 2 N–H and O–H groups in total. The molecular formula is C30H31NO5. The zero-order valence-corrected chi connectivity index (χ0v) is 21.2. The lowest BCUT2D eigenvalue weighted by molar-refractivity contribution is -0.132. The monoisotopic (exact) mass is 485 g/mol. The Morgan fingerprint density at radius 3 is 2.39 bits per heavy atom. The van der Waals surface area contributed by atoms with Gasteiger partial charge in [0.05, 0.1) is 23.9 Å². The zero-order valence-electron chi connectivity index (χ0n) is 21.2. The van der Waals surface area contributed by atoms with E-state index in [-0.39, 0.29) is 28.7 Å². The third-order valence-corrected chi connectivity index (χ3v) is 6.40. The maximum atomic E-state index is 13.4. The lowest BCUT2D eigenvalue weighted by Crippen LogP contribution is -2.29. The first-order valence-electron chi connectivity index (χ1n) is 12.1. The first-order valence-corrected chi connectivity index (χ1v) is 12.1. The van der Waals surface area contributed by atoms with Crippen LogP contribution in [-0.2, 0) is 9.59 Å². The van der Waals surface area contributed by atoms with Crippen molar-refractivity contribution in [2.24, 2.45) is 0 Å². The van der Waals surface area contributed by atoms with Crippen molar-refractivity contribution in [3.8, 4) is 11.5 Å². The summed E-state index contributed by atoms with van der Waals surface area (Å²) in [5.41, 5.74) is 3.93. The number of hydrogen-bond donors (Lipinski definition) is 2. The van der Waals surface area contributed by atoms with Gasteiger partial charge in [0.15, 0.2) is 0 Å². The van der Waals surface area contributed by atoms with Crippen LogP contribution < -0.4 is 9.64 Å². The van der Waals surface area contributed by atoms with Crippen molar-refractivity contribution >= 4 is 23.1 Å². The summed E-state index contributed by atoms with van der Waals surface area (Å²) < 4.78 is 5.74. The quantitative estimate of drug-likeness (QED) is 0.248. The van der Waals surface area contributed by atoms with Crippen molar-refractivity contribution in [1.82, 2.24) is 0 Å². The Labute approximate surface area is 211 Å². The molecule has 6 nitrogen and oxygen atoms in total. The van der Waals surface area contributed by atoms with E-state index in [0.717, 1.165) is 16.7 Å². The van der Waals surface area contributed by atoms with Gasteiger partial charge in [-0.05, 0) is 73.7 Å². The normalized spacial score (nSPS) is 17.2. The minimum atomic E-state index is -0.910. The Balaban J connectivity index is 1.97. The SMILES string of the molecule is CCOc1ccc(/C(O)=C2/C(=O)C(=O)N(c3cc(C)ccc3O)C2c2cccc(C)c2)cc1C(C)C. The van der Waals surface area contributed by atoms with Gasteiger partial charge in [0.1, 0.15) is 17.3 Å². The second-order valence-corrected chi connectivity index (χ2v) is 9.42. The zero-order chi connectivity index (χ0) is 26.1. The van der Waals surface area contributed by atoms with E-state index in [2.05, 4.69) is 0 Å². The number of phenols is 1. The largest absolute Gasteiger partial charge is 0.507 e. The third kappa shape index (κ3) is 4.47. The van der Waals surface area contributed by atoms with E-state index in [1.165, 1.54) is 11.0 Å². The summed E-state index contributed by atoms with van der Waals surface area (Å²) in [6.45, 7) is 10.2. The number of ether oxygens (including phenoxy) is 1. The van der Waals surface area contributed by atoms with E-state index in [1.807, 2.05) is 58.9 Å². The number of carbonyl (C=O) groups excluding carboxylic acids is 2. The topological polar surface area (TPSA) is 87.1 Å². The Kier molecular flexibility index (Phi) is 6.88. The molecule has 0 aromatic heterocycles. The molecule has 0 aliphatic carbocycles. The molecule has 4 rings (SSSR count). The summed E-state index contributed by atoms with van der Waals surface area (Å²) >= 11 is 0. The number of aryl methyl sites for hydroxylation is 2. The lowest BCUT2D eigenvalue weighted by Gasteiger charge is -2.26.